The number of nitrogens with one attached hydrogen (secondary N) is 3. The lowest BCUT2D eigenvalue weighted by Gasteiger charge is -2.12. The summed E-state index contributed by atoms with van der Waals surface area (Å²) < 4.78 is 10.8. The first kappa shape index (κ1) is 21.6. The molecule has 0 aliphatic rings. The van der Waals surface area contributed by atoms with Gasteiger partial charge in [0.05, 0.1) is 19.8 Å². The Bertz CT molecular complexity index is 675. The van der Waals surface area contributed by atoms with Gasteiger partial charge < -0.3 is 25.4 Å². The normalized spacial score (nSPS) is 11.1. The number of nitrogens with zero attached hydrogens (tertiary/aromatic N) is 1. The average molecular weight is 385 g/mol. The van der Waals surface area contributed by atoms with Crippen molar-refractivity contribution in [1.82, 2.24) is 10.6 Å². The van der Waals surface area contributed by atoms with E-state index in [1.54, 1.807) is 7.11 Å². The van der Waals surface area contributed by atoms with E-state index in [1.807, 2.05) is 30.3 Å². The van der Waals surface area contributed by atoms with Crippen LogP contribution in [0.4, 0.5) is 5.69 Å². The Morgan fingerprint density at radius 1 is 0.929 bits per heavy atom. The number of para-hydroxylation sites is 1. The minimum Gasteiger partial charge on any atom is -0.494 e. The van der Waals surface area contributed by atoms with Crippen LogP contribution in [-0.2, 0) is 11.3 Å². The maximum absolute atomic E-state index is 5.71. The van der Waals surface area contributed by atoms with Crippen molar-refractivity contribution < 1.29 is 9.47 Å². The third-order valence-corrected chi connectivity index (χ3v) is 3.98. The van der Waals surface area contributed by atoms with Crippen molar-refractivity contribution in [3.05, 3.63) is 60.2 Å². The number of ether oxygens (including phenoxy) is 2. The Hall–Kier alpha value is -2.73. The monoisotopic (exact) mass is 384 g/mol. The molecule has 0 bridgehead atoms. The minimum atomic E-state index is 0.633. The van der Waals surface area contributed by atoms with Crippen LogP contribution in [-0.4, -0.2) is 45.9 Å². The molecule has 28 heavy (non-hydrogen) atoms. The van der Waals surface area contributed by atoms with Gasteiger partial charge in [-0.3, -0.25) is 0 Å². The first-order chi connectivity index (χ1) is 13.8. The number of anilines is 1. The minimum absolute atomic E-state index is 0.633. The van der Waals surface area contributed by atoms with Gasteiger partial charge in [0, 0.05) is 32.4 Å². The number of hydrogen-bond donors (Lipinski definition) is 3. The van der Waals surface area contributed by atoms with E-state index in [4.69, 9.17) is 9.47 Å². The van der Waals surface area contributed by atoms with E-state index >= 15 is 0 Å². The summed E-state index contributed by atoms with van der Waals surface area (Å²) in [5.41, 5.74) is 2.26. The van der Waals surface area contributed by atoms with Crippen molar-refractivity contribution in [1.29, 1.82) is 0 Å². The van der Waals surface area contributed by atoms with E-state index in [1.165, 1.54) is 5.56 Å². The summed E-state index contributed by atoms with van der Waals surface area (Å²) in [6, 6.07) is 18.2. The molecule has 0 saturated heterocycles. The molecule has 0 aromatic heterocycles. The smallest absolute Gasteiger partial charge is 0.191 e. The Labute approximate surface area is 168 Å². The summed E-state index contributed by atoms with van der Waals surface area (Å²) in [5, 5.41) is 9.95. The number of hydrogen-bond acceptors (Lipinski definition) is 4. The Morgan fingerprint density at radius 3 is 2.43 bits per heavy atom. The largest absolute Gasteiger partial charge is 0.494 e. The molecule has 0 unspecified atom stereocenters. The molecule has 0 spiro atoms. The molecule has 0 aliphatic carbocycles. The van der Waals surface area contributed by atoms with Crippen LogP contribution in [0.25, 0.3) is 0 Å². The van der Waals surface area contributed by atoms with E-state index in [0.29, 0.717) is 19.8 Å². The average Bonchev–Trinajstić information content (AvgIpc) is 2.73. The highest BCUT2D eigenvalue weighted by atomic mass is 16.5. The zero-order chi connectivity index (χ0) is 19.9. The predicted molar refractivity (Wildman–Crippen MR) is 116 cm³/mol. The van der Waals surface area contributed by atoms with Gasteiger partial charge in [0.2, 0.25) is 0 Å². The van der Waals surface area contributed by atoms with Gasteiger partial charge in [-0.25, -0.2) is 4.99 Å². The second-order valence-electron chi connectivity index (χ2n) is 6.25. The number of guanidine groups is 1. The van der Waals surface area contributed by atoms with Gasteiger partial charge in [-0.05, 0) is 43.2 Å². The van der Waals surface area contributed by atoms with Crippen molar-refractivity contribution in [2.45, 2.75) is 19.9 Å². The van der Waals surface area contributed by atoms with Crippen LogP contribution in [0.15, 0.2) is 59.6 Å². The quantitative estimate of drug-likeness (QED) is 0.298. The molecule has 0 fully saturated rings. The van der Waals surface area contributed by atoms with Crippen LogP contribution in [0.2, 0.25) is 0 Å². The topological polar surface area (TPSA) is 66.9 Å². The lowest BCUT2D eigenvalue weighted by molar-refractivity contribution is 0.211. The summed E-state index contributed by atoms with van der Waals surface area (Å²) in [6.07, 6.45) is 0.904. The summed E-state index contributed by atoms with van der Waals surface area (Å²) in [5.74, 6) is 1.73. The summed E-state index contributed by atoms with van der Waals surface area (Å²) >= 11 is 0. The molecule has 152 valence electrons. The second-order valence-corrected chi connectivity index (χ2v) is 6.25. The van der Waals surface area contributed by atoms with E-state index in [0.717, 1.165) is 43.5 Å². The Balaban J connectivity index is 1.71. The van der Waals surface area contributed by atoms with E-state index in [2.05, 4.69) is 52.1 Å². The van der Waals surface area contributed by atoms with Gasteiger partial charge in [0.25, 0.3) is 0 Å². The molecule has 6 heteroatoms. The molecule has 0 saturated carbocycles. The van der Waals surface area contributed by atoms with Crippen molar-refractivity contribution in [2.75, 3.05) is 45.3 Å². The summed E-state index contributed by atoms with van der Waals surface area (Å²) in [6.45, 7) is 6.50. The van der Waals surface area contributed by atoms with E-state index < -0.39 is 0 Å². The lowest BCUT2D eigenvalue weighted by Crippen LogP contribution is -2.38. The number of aliphatic imine (C=N–C) groups is 1. The van der Waals surface area contributed by atoms with Crippen molar-refractivity contribution in [2.24, 2.45) is 4.99 Å². The highest BCUT2D eigenvalue weighted by Crippen LogP contribution is 2.10. The maximum Gasteiger partial charge on any atom is 0.191 e. The fraction of sp³-hybridized carbons (Fsp3) is 0.409. The molecule has 0 aliphatic heterocycles. The molecule has 3 N–H and O–H groups in total. The SMILES string of the molecule is CCNC(=NCc1ccc(NCCOC)cc1)NCCCOc1ccccc1. The van der Waals surface area contributed by atoms with Gasteiger partial charge in [0.1, 0.15) is 5.75 Å². The zero-order valence-electron chi connectivity index (χ0n) is 16.9. The van der Waals surface area contributed by atoms with Crippen LogP contribution >= 0.6 is 0 Å². The number of rotatable bonds is 12. The predicted octanol–water partition coefficient (Wildman–Crippen LogP) is 3.27. The molecule has 2 aromatic rings. The second kappa shape index (κ2) is 13.4. The van der Waals surface area contributed by atoms with Gasteiger partial charge in [-0.2, -0.15) is 0 Å². The van der Waals surface area contributed by atoms with Crippen LogP contribution in [0.1, 0.15) is 18.9 Å². The number of benzene rings is 2. The van der Waals surface area contributed by atoms with Gasteiger partial charge in [-0.15, -0.1) is 0 Å². The standard InChI is InChI=1S/C22H32N4O2/c1-3-23-22(25-14-7-16-28-21-8-5-4-6-9-21)26-18-19-10-12-20(13-11-19)24-15-17-27-2/h4-6,8-13,24H,3,7,14-18H2,1-2H3,(H2,23,25,26). The molecule has 0 amide bonds. The first-order valence-corrected chi connectivity index (χ1v) is 9.83. The van der Waals surface area contributed by atoms with Crippen molar-refractivity contribution in [3.8, 4) is 5.75 Å². The van der Waals surface area contributed by atoms with Crippen LogP contribution in [0.3, 0.4) is 0 Å². The van der Waals surface area contributed by atoms with Gasteiger partial charge in [-0.1, -0.05) is 30.3 Å². The summed E-state index contributed by atoms with van der Waals surface area (Å²) in [4.78, 5) is 4.66. The Kier molecular flexibility index (Phi) is 10.4. The zero-order valence-corrected chi connectivity index (χ0v) is 16.9. The maximum atomic E-state index is 5.71. The fourth-order valence-corrected chi connectivity index (χ4v) is 2.52. The highest BCUT2D eigenvalue weighted by Gasteiger charge is 1.99. The molecular formula is C22H32N4O2. The van der Waals surface area contributed by atoms with Gasteiger partial charge in [0.15, 0.2) is 5.96 Å². The molecule has 0 heterocycles. The number of methoxy groups -OCH3 is 1. The van der Waals surface area contributed by atoms with Crippen LogP contribution in [0, 0.1) is 0 Å². The van der Waals surface area contributed by atoms with Gasteiger partial charge >= 0.3 is 0 Å². The molecule has 0 radical (unpaired) electrons. The van der Waals surface area contributed by atoms with Crippen LogP contribution < -0.4 is 20.7 Å². The van der Waals surface area contributed by atoms with E-state index in [-0.39, 0.29) is 0 Å². The van der Waals surface area contributed by atoms with Crippen molar-refractivity contribution in [3.63, 3.8) is 0 Å². The Morgan fingerprint density at radius 2 is 1.71 bits per heavy atom. The van der Waals surface area contributed by atoms with Crippen molar-refractivity contribution >= 4 is 11.6 Å². The third kappa shape index (κ3) is 8.77. The molecule has 0 atom stereocenters. The third-order valence-electron chi connectivity index (χ3n) is 3.98. The van der Waals surface area contributed by atoms with Crippen LogP contribution in [0.5, 0.6) is 5.75 Å². The highest BCUT2D eigenvalue weighted by molar-refractivity contribution is 5.79. The fourth-order valence-electron chi connectivity index (χ4n) is 2.52. The molecule has 2 rings (SSSR count). The summed E-state index contributed by atoms with van der Waals surface area (Å²) in [7, 11) is 1.70. The molecule has 2 aromatic carbocycles. The first-order valence-electron chi connectivity index (χ1n) is 9.83. The lowest BCUT2D eigenvalue weighted by atomic mass is 10.2. The molecule has 6 nitrogen and oxygen atoms in total. The van der Waals surface area contributed by atoms with E-state index in [9.17, 15) is 0 Å². The molecular weight excluding hydrogens is 352 g/mol.